The minimum absolute atomic E-state index is 0.0304. The van der Waals surface area contributed by atoms with Gasteiger partial charge in [-0.25, -0.2) is 0 Å². The minimum atomic E-state index is 0.0304. The van der Waals surface area contributed by atoms with E-state index in [4.69, 9.17) is 11.6 Å². The van der Waals surface area contributed by atoms with Gasteiger partial charge in [-0.3, -0.25) is 4.79 Å². The van der Waals surface area contributed by atoms with Gasteiger partial charge in [-0.05, 0) is 37.8 Å². The van der Waals surface area contributed by atoms with Crippen molar-refractivity contribution in [1.29, 1.82) is 0 Å². The summed E-state index contributed by atoms with van der Waals surface area (Å²) in [6.45, 7) is 4.75. The van der Waals surface area contributed by atoms with E-state index in [1.165, 1.54) is 24.2 Å². The van der Waals surface area contributed by atoms with Crippen molar-refractivity contribution in [2.45, 2.75) is 38.8 Å². The van der Waals surface area contributed by atoms with E-state index < -0.39 is 0 Å². The Bertz CT molecular complexity index is 430. The summed E-state index contributed by atoms with van der Waals surface area (Å²) in [5.41, 5.74) is 0.971. The topological polar surface area (TPSA) is 33.5 Å². The molecule has 19 heavy (non-hydrogen) atoms. The second kappa shape index (κ2) is 6.92. The fourth-order valence-electron chi connectivity index (χ4n) is 2.60. The zero-order valence-corrected chi connectivity index (χ0v) is 12.2. The summed E-state index contributed by atoms with van der Waals surface area (Å²) >= 11 is 6.08. The predicted octanol–water partition coefficient (Wildman–Crippen LogP) is 1.41. The van der Waals surface area contributed by atoms with Crippen molar-refractivity contribution >= 4 is 17.5 Å². The Morgan fingerprint density at radius 1 is 1.32 bits per heavy atom. The van der Waals surface area contributed by atoms with Crippen LogP contribution in [0.5, 0.6) is 0 Å². The highest BCUT2D eigenvalue weighted by atomic mass is 35.5. The lowest BCUT2D eigenvalue weighted by atomic mass is 10.1. The Morgan fingerprint density at radius 2 is 2.00 bits per heavy atom. The zero-order valence-electron chi connectivity index (χ0n) is 11.4. The molecule has 1 aliphatic rings. The standard InChI is InChI=1S/C15H21ClN2O/c1-12(18-9-5-2-6-10-18)15(19)17-11-13-7-3-4-8-14(13)16/h3-4,7-8,12H,2,5-6,9-11H2,1H3,(H,17,19)/p+1/t12-/m0/s1. The number of benzene rings is 1. The molecule has 2 N–H and O–H groups in total. The summed E-state index contributed by atoms with van der Waals surface area (Å²) < 4.78 is 0. The number of likely N-dealkylation sites (tertiary alicyclic amines) is 1. The first-order chi connectivity index (χ1) is 9.18. The molecular weight excluding hydrogens is 260 g/mol. The molecule has 0 aliphatic carbocycles. The molecule has 1 saturated heterocycles. The van der Waals surface area contributed by atoms with Crippen LogP contribution in [0.4, 0.5) is 0 Å². The van der Waals surface area contributed by atoms with Gasteiger partial charge in [-0.1, -0.05) is 29.8 Å². The third-order valence-electron chi connectivity index (χ3n) is 3.91. The van der Waals surface area contributed by atoms with Crippen molar-refractivity contribution in [2.24, 2.45) is 0 Å². The molecule has 0 radical (unpaired) electrons. The first-order valence-electron chi connectivity index (χ1n) is 7.04. The number of nitrogens with one attached hydrogen (secondary N) is 2. The van der Waals surface area contributed by atoms with Crippen molar-refractivity contribution in [3.8, 4) is 0 Å². The minimum Gasteiger partial charge on any atom is -0.347 e. The maximum atomic E-state index is 12.2. The number of carbonyl (C=O) groups is 1. The summed E-state index contributed by atoms with van der Waals surface area (Å²) in [6, 6.07) is 7.66. The number of piperidine rings is 1. The molecule has 1 amide bonds. The molecule has 1 fully saturated rings. The Labute approximate surface area is 119 Å². The van der Waals surface area contributed by atoms with Crippen LogP contribution in [0.15, 0.2) is 24.3 Å². The molecule has 1 aromatic carbocycles. The first-order valence-corrected chi connectivity index (χ1v) is 7.42. The predicted molar refractivity (Wildman–Crippen MR) is 77.3 cm³/mol. The van der Waals surface area contributed by atoms with E-state index in [2.05, 4.69) is 5.32 Å². The smallest absolute Gasteiger partial charge is 0.278 e. The van der Waals surface area contributed by atoms with E-state index >= 15 is 0 Å². The third-order valence-corrected chi connectivity index (χ3v) is 4.28. The SMILES string of the molecule is C[C@@H](C(=O)NCc1ccccc1Cl)[NH+]1CCCCC1. The molecule has 1 aromatic rings. The van der Waals surface area contributed by atoms with Crippen molar-refractivity contribution in [1.82, 2.24) is 5.32 Å². The van der Waals surface area contributed by atoms with E-state index in [0.717, 1.165) is 18.7 Å². The Morgan fingerprint density at radius 3 is 2.68 bits per heavy atom. The molecule has 1 heterocycles. The van der Waals surface area contributed by atoms with Crippen molar-refractivity contribution in [2.75, 3.05) is 13.1 Å². The Hall–Kier alpha value is -1.06. The highest BCUT2D eigenvalue weighted by Crippen LogP contribution is 2.14. The van der Waals surface area contributed by atoms with Crippen molar-refractivity contribution in [3.05, 3.63) is 34.9 Å². The molecule has 0 spiro atoms. The number of halogens is 1. The highest BCUT2D eigenvalue weighted by molar-refractivity contribution is 6.31. The van der Waals surface area contributed by atoms with Gasteiger partial charge in [-0.15, -0.1) is 0 Å². The van der Waals surface area contributed by atoms with Gasteiger partial charge in [0.05, 0.1) is 13.1 Å². The first kappa shape index (κ1) is 14.4. The third kappa shape index (κ3) is 3.95. The van der Waals surface area contributed by atoms with Crippen LogP contribution < -0.4 is 10.2 Å². The zero-order chi connectivity index (χ0) is 13.7. The molecule has 0 bridgehead atoms. The fourth-order valence-corrected chi connectivity index (χ4v) is 2.80. The number of hydrogen-bond acceptors (Lipinski definition) is 1. The van der Waals surface area contributed by atoms with Crippen molar-refractivity contribution < 1.29 is 9.69 Å². The molecule has 1 atom stereocenters. The van der Waals surface area contributed by atoms with Gasteiger partial charge in [0.15, 0.2) is 6.04 Å². The normalized spacial score (nSPS) is 18.0. The van der Waals surface area contributed by atoms with Gasteiger partial charge in [0, 0.05) is 11.6 Å². The van der Waals surface area contributed by atoms with Gasteiger partial charge >= 0.3 is 0 Å². The molecule has 104 valence electrons. The van der Waals surface area contributed by atoms with Crippen LogP contribution >= 0.6 is 11.6 Å². The van der Waals surface area contributed by atoms with E-state index in [1.54, 1.807) is 0 Å². The second-order valence-electron chi connectivity index (χ2n) is 5.25. The maximum absolute atomic E-state index is 12.2. The molecule has 3 nitrogen and oxygen atoms in total. The summed E-state index contributed by atoms with van der Waals surface area (Å²) in [7, 11) is 0. The molecule has 2 rings (SSSR count). The number of quaternary nitrogens is 1. The maximum Gasteiger partial charge on any atom is 0.278 e. The van der Waals surface area contributed by atoms with Crippen LogP contribution in [0, 0.1) is 0 Å². The monoisotopic (exact) mass is 281 g/mol. The lowest BCUT2D eigenvalue weighted by molar-refractivity contribution is -0.918. The molecular formula is C15H22ClN2O+. The van der Waals surface area contributed by atoms with Crippen molar-refractivity contribution in [3.63, 3.8) is 0 Å². The van der Waals surface area contributed by atoms with Crippen LogP contribution in [0.2, 0.25) is 5.02 Å². The molecule has 1 aliphatic heterocycles. The Kier molecular flexibility index (Phi) is 5.23. The number of hydrogen-bond donors (Lipinski definition) is 2. The summed E-state index contributed by atoms with van der Waals surface area (Å²) in [5.74, 6) is 0.122. The van der Waals surface area contributed by atoms with E-state index in [-0.39, 0.29) is 11.9 Å². The van der Waals surface area contributed by atoms with Crippen LogP contribution in [-0.2, 0) is 11.3 Å². The molecule has 4 heteroatoms. The van der Waals surface area contributed by atoms with Gasteiger partial charge in [-0.2, -0.15) is 0 Å². The molecule has 0 aromatic heterocycles. The Balaban J connectivity index is 1.85. The van der Waals surface area contributed by atoms with Crippen LogP contribution in [-0.4, -0.2) is 25.0 Å². The van der Waals surface area contributed by atoms with E-state index in [1.807, 2.05) is 31.2 Å². The van der Waals surface area contributed by atoms with Gasteiger partial charge in [0.1, 0.15) is 0 Å². The highest BCUT2D eigenvalue weighted by Gasteiger charge is 2.26. The average molecular weight is 282 g/mol. The van der Waals surface area contributed by atoms with Gasteiger partial charge < -0.3 is 10.2 Å². The van der Waals surface area contributed by atoms with Crippen LogP contribution in [0.3, 0.4) is 0 Å². The van der Waals surface area contributed by atoms with Gasteiger partial charge in [0.25, 0.3) is 5.91 Å². The largest absolute Gasteiger partial charge is 0.347 e. The number of rotatable bonds is 4. The average Bonchev–Trinajstić information content (AvgIpc) is 2.46. The van der Waals surface area contributed by atoms with E-state index in [0.29, 0.717) is 11.6 Å². The lowest BCUT2D eigenvalue weighted by Gasteiger charge is -2.28. The van der Waals surface area contributed by atoms with Crippen LogP contribution in [0.1, 0.15) is 31.7 Å². The summed E-state index contributed by atoms with van der Waals surface area (Å²) in [6.07, 6.45) is 3.77. The van der Waals surface area contributed by atoms with Gasteiger partial charge in [0.2, 0.25) is 0 Å². The van der Waals surface area contributed by atoms with Crippen LogP contribution in [0.25, 0.3) is 0 Å². The lowest BCUT2D eigenvalue weighted by Crippen LogP contribution is -3.17. The second-order valence-corrected chi connectivity index (χ2v) is 5.66. The number of amides is 1. The molecule has 0 saturated carbocycles. The number of carbonyl (C=O) groups excluding carboxylic acids is 1. The summed E-state index contributed by atoms with van der Waals surface area (Å²) in [5, 5.41) is 3.70. The quantitative estimate of drug-likeness (QED) is 0.860. The molecule has 0 unspecified atom stereocenters. The van der Waals surface area contributed by atoms with E-state index in [9.17, 15) is 4.79 Å². The summed E-state index contributed by atoms with van der Waals surface area (Å²) in [4.78, 5) is 13.6. The fraction of sp³-hybridized carbons (Fsp3) is 0.533.